The van der Waals surface area contributed by atoms with E-state index in [1.54, 1.807) is 6.20 Å². The van der Waals surface area contributed by atoms with Crippen molar-refractivity contribution in [3.63, 3.8) is 0 Å². The first-order valence-electron chi connectivity index (χ1n) is 6.84. The third-order valence-corrected chi connectivity index (χ3v) is 3.98. The summed E-state index contributed by atoms with van der Waals surface area (Å²) in [6.07, 6.45) is 5.53. The minimum absolute atomic E-state index is 0.398. The molecule has 0 unspecified atom stereocenters. The van der Waals surface area contributed by atoms with Gasteiger partial charge in [0.05, 0.1) is 5.56 Å². The topological polar surface area (TPSA) is 54.2 Å². The summed E-state index contributed by atoms with van der Waals surface area (Å²) in [5.41, 5.74) is 6.52. The SMILES string of the molecule is CN1CCC(CCNc2ncccc2C(N)=S)CC1. The van der Waals surface area contributed by atoms with Crippen LogP contribution in [0.25, 0.3) is 0 Å². The van der Waals surface area contributed by atoms with E-state index in [-0.39, 0.29) is 0 Å². The Morgan fingerprint density at radius 3 is 2.95 bits per heavy atom. The zero-order valence-electron chi connectivity index (χ0n) is 11.4. The molecular weight excluding hydrogens is 256 g/mol. The molecule has 0 amide bonds. The number of nitrogens with two attached hydrogens (primary N) is 1. The fourth-order valence-electron chi connectivity index (χ4n) is 2.49. The average molecular weight is 278 g/mol. The van der Waals surface area contributed by atoms with Gasteiger partial charge in [0.2, 0.25) is 0 Å². The lowest BCUT2D eigenvalue weighted by molar-refractivity contribution is 0.215. The molecule has 1 saturated heterocycles. The van der Waals surface area contributed by atoms with Crippen molar-refractivity contribution in [1.29, 1.82) is 0 Å². The molecule has 0 bridgehead atoms. The Morgan fingerprint density at radius 2 is 2.26 bits per heavy atom. The maximum absolute atomic E-state index is 5.69. The number of nitrogens with zero attached hydrogens (tertiary/aromatic N) is 2. The van der Waals surface area contributed by atoms with Crippen molar-refractivity contribution < 1.29 is 0 Å². The van der Waals surface area contributed by atoms with E-state index in [1.807, 2.05) is 12.1 Å². The average Bonchev–Trinajstić information content (AvgIpc) is 2.41. The van der Waals surface area contributed by atoms with Crippen LogP contribution in [0.15, 0.2) is 18.3 Å². The zero-order chi connectivity index (χ0) is 13.7. The van der Waals surface area contributed by atoms with Crippen LogP contribution >= 0.6 is 12.2 Å². The van der Waals surface area contributed by atoms with E-state index in [4.69, 9.17) is 18.0 Å². The van der Waals surface area contributed by atoms with Gasteiger partial charge in [-0.1, -0.05) is 12.2 Å². The lowest BCUT2D eigenvalue weighted by Gasteiger charge is -2.29. The molecule has 3 N–H and O–H groups in total. The Kier molecular flexibility index (Phi) is 5.10. The molecule has 5 heteroatoms. The van der Waals surface area contributed by atoms with Crippen LogP contribution in [0.1, 0.15) is 24.8 Å². The summed E-state index contributed by atoms with van der Waals surface area (Å²) in [5, 5.41) is 3.36. The first-order chi connectivity index (χ1) is 9.16. The van der Waals surface area contributed by atoms with Gasteiger partial charge in [-0.15, -0.1) is 0 Å². The molecule has 0 aromatic carbocycles. The number of hydrogen-bond acceptors (Lipinski definition) is 4. The highest BCUT2D eigenvalue weighted by Gasteiger charge is 2.16. The second kappa shape index (κ2) is 6.82. The van der Waals surface area contributed by atoms with Gasteiger partial charge in [-0.25, -0.2) is 4.98 Å². The number of anilines is 1. The first kappa shape index (κ1) is 14.2. The van der Waals surface area contributed by atoms with E-state index < -0.39 is 0 Å². The highest BCUT2D eigenvalue weighted by Crippen LogP contribution is 2.20. The van der Waals surface area contributed by atoms with Gasteiger partial charge in [-0.05, 0) is 57.5 Å². The normalized spacial score (nSPS) is 17.3. The monoisotopic (exact) mass is 278 g/mol. The Morgan fingerprint density at radius 1 is 1.53 bits per heavy atom. The standard InChI is InChI=1S/C14H22N4S/c1-18-9-5-11(6-10-18)4-8-17-14-12(13(15)19)3-2-7-16-14/h2-3,7,11H,4-6,8-10H2,1H3,(H2,15,19)(H,16,17). The van der Waals surface area contributed by atoms with Crippen molar-refractivity contribution in [3.05, 3.63) is 23.9 Å². The molecule has 0 spiro atoms. The number of hydrogen-bond donors (Lipinski definition) is 2. The molecule has 1 aromatic heterocycles. The van der Waals surface area contributed by atoms with E-state index in [9.17, 15) is 0 Å². The van der Waals surface area contributed by atoms with E-state index in [0.717, 1.165) is 23.8 Å². The van der Waals surface area contributed by atoms with Gasteiger partial charge in [0, 0.05) is 12.7 Å². The third kappa shape index (κ3) is 4.14. The maximum Gasteiger partial charge on any atom is 0.136 e. The van der Waals surface area contributed by atoms with Crippen LogP contribution < -0.4 is 11.1 Å². The summed E-state index contributed by atoms with van der Waals surface area (Å²) >= 11 is 5.03. The molecule has 19 heavy (non-hydrogen) atoms. The summed E-state index contributed by atoms with van der Waals surface area (Å²) in [7, 11) is 2.19. The predicted molar refractivity (Wildman–Crippen MR) is 83.5 cm³/mol. The molecule has 104 valence electrons. The van der Waals surface area contributed by atoms with E-state index in [1.165, 1.54) is 32.4 Å². The van der Waals surface area contributed by atoms with E-state index in [2.05, 4.69) is 22.2 Å². The van der Waals surface area contributed by atoms with Gasteiger partial charge < -0.3 is 16.0 Å². The smallest absolute Gasteiger partial charge is 0.136 e. The number of thiocarbonyl (C=S) groups is 1. The quantitative estimate of drug-likeness (QED) is 0.805. The van der Waals surface area contributed by atoms with E-state index in [0.29, 0.717) is 4.99 Å². The highest BCUT2D eigenvalue weighted by molar-refractivity contribution is 7.80. The van der Waals surface area contributed by atoms with Crippen LogP contribution in [-0.4, -0.2) is 41.6 Å². The molecule has 0 aliphatic carbocycles. The van der Waals surface area contributed by atoms with Gasteiger partial charge >= 0.3 is 0 Å². The van der Waals surface area contributed by atoms with Gasteiger partial charge in [-0.3, -0.25) is 0 Å². The van der Waals surface area contributed by atoms with E-state index >= 15 is 0 Å². The summed E-state index contributed by atoms with van der Waals surface area (Å²) in [6, 6.07) is 3.77. The van der Waals surface area contributed by atoms with Gasteiger partial charge in [0.15, 0.2) is 0 Å². The number of rotatable bonds is 5. The fraction of sp³-hybridized carbons (Fsp3) is 0.571. The zero-order valence-corrected chi connectivity index (χ0v) is 12.2. The third-order valence-electron chi connectivity index (χ3n) is 3.76. The van der Waals surface area contributed by atoms with Gasteiger partial charge in [0.25, 0.3) is 0 Å². The van der Waals surface area contributed by atoms with Crippen molar-refractivity contribution in [2.45, 2.75) is 19.3 Å². The molecule has 1 aliphatic heterocycles. The Balaban J connectivity index is 1.81. The fourth-order valence-corrected chi connectivity index (χ4v) is 2.66. The number of piperidine rings is 1. The summed E-state index contributed by atoms with van der Waals surface area (Å²) in [5.74, 6) is 1.63. The van der Waals surface area contributed by atoms with Crippen LogP contribution in [0.4, 0.5) is 5.82 Å². The minimum Gasteiger partial charge on any atom is -0.389 e. The van der Waals surface area contributed by atoms with Gasteiger partial charge in [0.1, 0.15) is 10.8 Å². The summed E-state index contributed by atoms with van der Waals surface area (Å²) < 4.78 is 0. The van der Waals surface area contributed by atoms with Crippen molar-refractivity contribution >= 4 is 23.0 Å². The van der Waals surface area contributed by atoms with Gasteiger partial charge in [-0.2, -0.15) is 0 Å². The Bertz CT molecular complexity index is 427. The highest BCUT2D eigenvalue weighted by atomic mass is 32.1. The molecule has 0 radical (unpaired) electrons. The number of aromatic nitrogens is 1. The molecule has 1 aromatic rings. The number of pyridine rings is 1. The molecule has 2 rings (SSSR count). The van der Waals surface area contributed by atoms with Crippen LogP contribution in [0.3, 0.4) is 0 Å². The van der Waals surface area contributed by atoms with Crippen LogP contribution in [0, 0.1) is 5.92 Å². The van der Waals surface area contributed by atoms with Crippen molar-refractivity contribution in [2.75, 3.05) is 32.0 Å². The summed E-state index contributed by atoms with van der Waals surface area (Å²) in [4.78, 5) is 7.10. The molecule has 0 atom stereocenters. The van der Waals surface area contributed by atoms with Crippen LogP contribution in [0.5, 0.6) is 0 Å². The Hall–Kier alpha value is -1.20. The first-order valence-corrected chi connectivity index (χ1v) is 7.25. The molecule has 1 fully saturated rings. The van der Waals surface area contributed by atoms with Crippen molar-refractivity contribution in [2.24, 2.45) is 11.7 Å². The van der Waals surface area contributed by atoms with Crippen molar-refractivity contribution in [1.82, 2.24) is 9.88 Å². The van der Waals surface area contributed by atoms with Crippen LogP contribution in [0.2, 0.25) is 0 Å². The molecule has 0 saturated carbocycles. The lowest BCUT2D eigenvalue weighted by Crippen LogP contribution is -2.31. The molecule has 2 heterocycles. The second-order valence-corrected chi connectivity index (χ2v) is 5.67. The molecule has 1 aliphatic rings. The molecule has 4 nitrogen and oxygen atoms in total. The molecular formula is C14H22N4S. The number of nitrogens with one attached hydrogen (secondary N) is 1. The lowest BCUT2D eigenvalue weighted by atomic mass is 9.94. The second-order valence-electron chi connectivity index (χ2n) is 5.23. The number of likely N-dealkylation sites (tertiary alicyclic amines) is 1. The van der Waals surface area contributed by atoms with Crippen molar-refractivity contribution in [3.8, 4) is 0 Å². The Labute approximate surface area is 120 Å². The maximum atomic E-state index is 5.69. The van der Waals surface area contributed by atoms with Crippen LogP contribution in [-0.2, 0) is 0 Å². The largest absolute Gasteiger partial charge is 0.389 e. The summed E-state index contributed by atoms with van der Waals surface area (Å²) in [6.45, 7) is 3.36. The predicted octanol–water partition coefficient (Wildman–Crippen LogP) is 1.86. The minimum atomic E-state index is 0.398.